The highest BCUT2D eigenvalue weighted by Crippen LogP contribution is 2.31. The van der Waals surface area contributed by atoms with Gasteiger partial charge in [0.2, 0.25) is 0 Å². The molecular formula is C17H12BrN3OS. The molecule has 0 aliphatic heterocycles. The molecule has 2 aromatic heterocycles. The Hall–Kier alpha value is -2.05. The Labute approximate surface area is 145 Å². The van der Waals surface area contributed by atoms with E-state index in [1.165, 1.54) is 5.56 Å². The van der Waals surface area contributed by atoms with Gasteiger partial charge in [-0.15, -0.1) is 10.2 Å². The van der Waals surface area contributed by atoms with Crippen LogP contribution in [-0.4, -0.2) is 15.2 Å². The molecule has 0 saturated carbocycles. The van der Waals surface area contributed by atoms with Crippen LogP contribution in [0.15, 0.2) is 68.8 Å². The summed E-state index contributed by atoms with van der Waals surface area (Å²) in [6, 6.07) is 16.3. The van der Waals surface area contributed by atoms with E-state index in [1.54, 1.807) is 11.8 Å². The number of rotatable bonds is 4. The Balaban J connectivity index is 1.58. The predicted octanol–water partition coefficient (Wildman–Crippen LogP) is 5.27. The fraction of sp³-hybridized carbons (Fsp3) is 0.0588. The van der Waals surface area contributed by atoms with Crippen LogP contribution in [0, 0.1) is 0 Å². The Morgan fingerprint density at radius 2 is 1.96 bits per heavy atom. The minimum atomic E-state index is 0.532. The lowest BCUT2D eigenvalue weighted by molar-refractivity contribution is 0.466. The summed E-state index contributed by atoms with van der Waals surface area (Å²) in [7, 11) is 0. The van der Waals surface area contributed by atoms with Crippen LogP contribution in [0.1, 0.15) is 5.56 Å². The van der Waals surface area contributed by atoms with Crippen LogP contribution in [0.3, 0.4) is 0 Å². The van der Waals surface area contributed by atoms with E-state index in [4.69, 9.17) is 4.42 Å². The molecule has 0 bridgehead atoms. The molecular weight excluding hydrogens is 374 g/mol. The lowest BCUT2D eigenvalue weighted by Crippen LogP contribution is -1.79. The van der Waals surface area contributed by atoms with Crippen LogP contribution in [0.4, 0.5) is 0 Å². The molecule has 114 valence electrons. The van der Waals surface area contributed by atoms with Crippen molar-refractivity contribution in [2.24, 2.45) is 0 Å². The number of hydrogen-bond donors (Lipinski definition) is 1. The fourth-order valence-corrected chi connectivity index (χ4v) is 3.45. The SMILES string of the molecule is Brc1ccc2[nH]cc(-c3nnc(SCc4ccccc4)o3)c2c1. The minimum Gasteiger partial charge on any atom is -0.411 e. The summed E-state index contributed by atoms with van der Waals surface area (Å²) in [5.41, 5.74) is 3.19. The standard InChI is InChI=1S/C17H12BrN3OS/c18-12-6-7-15-13(8-12)14(9-19-15)16-20-21-17(22-16)23-10-11-4-2-1-3-5-11/h1-9,19H,10H2. The zero-order chi connectivity index (χ0) is 15.6. The first-order valence-corrected chi connectivity index (χ1v) is 8.85. The highest BCUT2D eigenvalue weighted by Gasteiger charge is 2.14. The maximum Gasteiger partial charge on any atom is 0.277 e. The quantitative estimate of drug-likeness (QED) is 0.486. The Bertz CT molecular complexity index is 949. The van der Waals surface area contributed by atoms with Crippen molar-refractivity contribution in [2.45, 2.75) is 11.0 Å². The summed E-state index contributed by atoms with van der Waals surface area (Å²) >= 11 is 5.04. The molecule has 0 aliphatic rings. The van der Waals surface area contributed by atoms with E-state index in [0.29, 0.717) is 11.1 Å². The van der Waals surface area contributed by atoms with Crippen molar-refractivity contribution in [1.82, 2.24) is 15.2 Å². The topological polar surface area (TPSA) is 54.7 Å². The molecule has 0 radical (unpaired) electrons. The largest absolute Gasteiger partial charge is 0.411 e. The number of nitrogens with zero attached hydrogens (tertiary/aromatic N) is 2. The van der Waals surface area contributed by atoms with Gasteiger partial charge in [0.15, 0.2) is 0 Å². The molecule has 4 nitrogen and oxygen atoms in total. The molecule has 0 spiro atoms. The second-order valence-corrected chi connectivity index (χ2v) is 6.88. The Morgan fingerprint density at radius 1 is 1.09 bits per heavy atom. The number of fused-ring (bicyclic) bond motifs is 1. The molecule has 0 amide bonds. The van der Waals surface area contributed by atoms with Gasteiger partial charge in [-0.25, -0.2) is 0 Å². The zero-order valence-electron chi connectivity index (χ0n) is 12.0. The number of nitrogens with one attached hydrogen (secondary N) is 1. The van der Waals surface area contributed by atoms with Gasteiger partial charge >= 0.3 is 0 Å². The maximum atomic E-state index is 5.80. The van der Waals surface area contributed by atoms with Crippen LogP contribution in [-0.2, 0) is 5.75 Å². The smallest absolute Gasteiger partial charge is 0.277 e. The average Bonchev–Trinajstić information content (AvgIpc) is 3.20. The first kappa shape index (κ1) is 14.5. The summed E-state index contributed by atoms with van der Waals surface area (Å²) in [4.78, 5) is 3.23. The van der Waals surface area contributed by atoms with E-state index in [0.717, 1.165) is 26.7 Å². The van der Waals surface area contributed by atoms with E-state index in [-0.39, 0.29) is 0 Å². The second kappa shape index (κ2) is 6.22. The van der Waals surface area contributed by atoms with Gasteiger partial charge in [-0.2, -0.15) is 0 Å². The second-order valence-electron chi connectivity index (χ2n) is 5.04. The third kappa shape index (κ3) is 3.04. The fourth-order valence-electron chi connectivity index (χ4n) is 2.37. The normalized spacial score (nSPS) is 11.2. The predicted molar refractivity (Wildman–Crippen MR) is 95.3 cm³/mol. The Kier molecular flexibility index (Phi) is 3.93. The highest BCUT2D eigenvalue weighted by molar-refractivity contribution is 9.10. The van der Waals surface area contributed by atoms with E-state index >= 15 is 0 Å². The first-order chi connectivity index (χ1) is 11.3. The number of H-pyrrole nitrogens is 1. The summed E-state index contributed by atoms with van der Waals surface area (Å²) in [6.07, 6.45) is 1.90. The van der Waals surface area contributed by atoms with E-state index < -0.39 is 0 Å². The monoisotopic (exact) mass is 385 g/mol. The zero-order valence-corrected chi connectivity index (χ0v) is 14.4. The number of benzene rings is 2. The third-order valence-corrected chi connectivity index (χ3v) is 4.87. The number of thioether (sulfide) groups is 1. The van der Waals surface area contributed by atoms with Crippen molar-refractivity contribution in [2.75, 3.05) is 0 Å². The van der Waals surface area contributed by atoms with E-state index in [1.807, 2.05) is 42.6 Å². The van der Waals surface area contributed by atoms with Gasteiger partial charge in [0, 0.05) is 27.3 Å². The summed E-state index contributed by atoms with van der Waals surface area (Å²) in [5, 5.41) is 9.95. The average molecular weight is 386 g/mol. The van der Waals surface area contributed by atoms with Crippen molar-refractivity contribution >= 4 is 38.6 Å². The molecule has 23 heavy (non-hydrogen) atoms. The van der Waals surface area contributed by atoms with Crippen molar-refractivity contribution in [3.8, 4) is 11.5 Å². The molecule has 1 N–H and O–H groups in total. The molecule has 0 atom stereocenters. The van der Waals surface area contributed by atoms with Crippen LogP contribution in [0.2, 0.25) is 0 Å². The molecule has 2 aromatic carbocycles. The van der Waals surface area contributed by atoms with Crippen molar-refractivity contribution in [3.63, 3.8) is 0 Å². The Morgan fingerprint density at radius 3 is 2.83 bits per heavy atom. The highest BCUT2D eigenvalue weighted by atomic mass is 79.9. The molecule has 6 heteroatoms. The summed E-state index contributed by atoms with van der Waals surface area (Å²) < 4.78 is 6.82. The van der Waals surface area contributed by atoms with Crippen LogP contribution in [0.5, 0.6) is 0 Å². The van der Waals surface area contributed by atoms with E-state index in [2.05, 4.69) is 43.2 Å². The summed E-state index contributed by atoms with van der Waals surface area (Å²) in [6.45, 7) is 0. The summed E-state index contributed by atoms with van der Waals surface area (Å²) in [5.74, 6) is 1.34. The lowest BCUT2D eigenvalue weighted by atomic mass is 10.2. The first-order valence-electron chi connectivity index (χ1n) is 7.07. The third-order valence-electron chi connectivity index (χ3n) is 3.49. The number of halogens is 1. The van der Waals surface area contributed by atoms with Crippen LogP contribution < -0.4 is 0 Å². The molecule has 0 saturated heterocycles. The maximum absolute atomic E-state index is 5.80. The number of aromatic nitrogens is 3. The van der Waals surface area contributed by atoms with Crippen molar-refractivity contribution in [1.29, 1.82) is 0 Å². The number of hydrogen-bond acceptors (Lipinski definition) is 4. The minimum absolute atomic E-state index is 0.532. The van der Waals surface area contributed by atoms with Crippen LogP contribution >= 0.6 is 27.7 Å². The van der Waals surface area contributed by atoms with Crippen LogP contribution in [0.25, 0.3) is 22.4 Å². The van der Waals surface area contributed by atoms with E-state index in [9.17, 15) is 0 Å². The van der Waals surface area contributed by atoms with Gasteiger partial charge < -0.3 is 9.40 Å². The number of aromatic amines is 1. The molecule has 0 fully saturated rings. The van der Waals surface area contributed by atoms with Crippen molar-refractivity contribution in [3.05, 3.63) is 64.8 Å². The molecule has 4 aromatic rings. The molecule has 4 rings (SSSR count). The van der Waals surface area contributed by atoms with Gasteiger partial charge in [0.25, 0.3) is 11.1 Å². The molecule has 0 aliphatic carbocycles. The van der Waals surface area contributed by atoms with Gasteiger partial charge in [-0.3, -0.25) is 0 Å². The van der Waals surface area contributed by atoms with Gasteiger partial charge in [0.05, 0.1) is 5.56 Å². The molecule has 2 heterocycles. The lowest BCUT2D eigenvalue weighted by Gasteiger charge is -1.97. The van der Waals surface area contributed by atoms with Gasteiger partial charge in [-0.05, 0) is 23.8 Å². The van der Waals surface area contributed by atoms with Gasteiger partial charge in [-0.1, -0.05) is 58.0 Å². The van der Waals surface area contributed by atoms with Crippen molar-refractivity contribution < 1.29 is 4.42 Å². The van der Waals surface area contributed by atoms with Gasteiger partial charge in [0.1, 0.15) is 0 Å². The molecule has 0 unspecified atom stereocenters.